The van der Waals surface area contributed by atoms with Crippen molar-refractivity contribution in [3.8, 4) is 28.4 Å². The van der Waals surface area contributed by atoms with Crippen LogP contribution >= 0.6 is 0 Å². The summed E-state index contributed by atoms with van der Waals surface area (Å²) in [6.07, 6.45) is 5.56. The molecule has 0 aliphatic carbocycles. The maximum Gasteiger partial charge on any atom is 0.503 e. The van der Waals surface area contributed by atoms with E-state index in [2.05, 4.69) is 114 Å². The molecule has 0 unspecified atom stereocenters. The molecule has 0 bridgehead atoms. The Morgan fingerprint density at radius 3 is 2.12 bits per heavy atom. The van der Waals surface area contributed by atoms with Gasteiger partial charge >= 0.3 is 6.01 Å². The minimum absolute atomic E-state index is 0.0113. The van der Waals surface area contributed by atoms with Gasteiger partial charge in [-0.15, -0.1) is 0 Å². The Bertz CT molecular complexity index is 3390. The van der Waals surface area contributed by atoms with Crippen molar-refractivity contribution in [1.29, 1.82) is 0 Å². The Hall–Kier alpha value is -6.62. The van der Waals surface area contributed by atoms with E-state index in [0.717, 1.165) is 55.8 Å². The first-order chi connectivity index (χ1) is 31.4. The number of nitrogens with zero attached hydrogens (tertiary/aromatic N) is 5. The number of aromatic nitrogens is 3. The zero-order valence-corrected chi connectivity index (χ0v) is 35.6. The fourth-order valence-electron chi connectivity index (χ4n) is 7.96. The molecule has 298 valence electrons. The van der Waals surface area contributed by atoms with E-state index in [1.807, 2.05) is 76.1 Å². The van der Waals surface area contributed by atoms with E-state index in [0.29, 0.717) is 22.7 Å². The van der Waals surface area contributed by atoms with Crippen LogP contribution < -0.4 is 13.9 Å². The van der Waals surface area contributed by atoms with Crippen LogP contribution in [0, 0.1) is 6.85 Å². The van der Waals surface area contributed by atoms with Gasteiger partial charge in [-0.2, -0.15) is 0 Å². The Morgan fingerprint density at radius 2 is 1.40 bits per heavy atom. The zero-order valence-electron chi connectivity index (χ0n) is 42.6. The monoisotopic (exact) mass is 794 g/mol. The summed E-state index contributed by atoms with van der Waals surface area (Å²) in [7, 11) is 0. The summed E-state index contributed by atoms with van der Waals surface area (Å²) < 4.78 is 73.0. The molecule has 0 radical (unpaired) electrons. The normalized spacial score (nSPS) is 15.0. The van der Waals surface area contributed by atoms with Crippen molar-refractivity contribution < 1.29 is 14.3 Å². The highest BCUT2D eigenvalue weighted by molar-refractivity contribution is 6.09. The molecule has 0 saturated carbocycles. The second kappa shape index (κ2) is 14.3. The highest BCUT2D eigenvalue weighted by Gasteiger charge is 2.41. The van der Waals surface area contributed by atoms with E-state index >= 15 is 0 Å². The van der Waals surface area contributed by atoms with Crippen LogP contribution in [0.3, 0.4) is 0 Å². The average molecular weight is 795 g/mol. The predicted octanol–water partition coefficient (Wildman–Crippen LogP) is 14.1. The maximum absolute atomic E-state index is 9.15. The zero-order chi connectivity index (χ0) is 48.1. The highest BCUT2D eigenvalue weighted by Crippen LogP contribution is 2.45. The molecule has 9 rings (SSSR count). The van der Waals surface area contributed by atoms with Gasteiger partial charge in [-0.25, -0.2) is 4.98 Å². The Kier molecular flexibility index (Phi) is 7.46. The first-order valence-electron chi connectivity index (χ1n) is 23.8. The maximum atomic E-state index is 9.15. The van der Waals surface area contributed by atoms with Crippen molar-refractivity contribution in [3.63, 3.8) is 0 Å². The number of fused-ring (bicyclic) bond motifs is 4. The van der Waals surface area contributed by atoms with E-state index in [9.17, 15) is 0 Å². The van der Waals surface area contributed by atoms with Gasteiger partial charge in [-0.05, 0) is 91.4 Å². The van der Waals surface area contributed by atoms with Crippen molar-refractivity contribution in [3.05, 3.63) is 162 Å². The van der Waals surface area contributed by atoms with Gasteiger partial charge in [0.25, 0.3) is 11.4 Å². The summed E-state index contributed by atoms with van der Waals surface area (Å²) >= 11 is 0. The summed E-state index contributed by atoms with van der Waals surface area (Å²) in [5.41, 5.74) is 6.96. The van der Waals surface area contributed by atoms with Crippen molar-refractivity contribution in [1.82, 2.24) is 23.7 Å². The largest absolute Gasteiger partial charge is 0.503 e. The molecular formula is C54H53N5O+2. The van der Waals surface area contributed by atoms with Gasteiger partial charge in [-0.3, -0.25) is 9.55 Å². The standard InChI is InChI=1S/C54H53N5O/c1-35-18-20-36(21-19-35)42-14-13-15-45(54(8,9)10)51(42)58-34-57(47-16-11-12-17-48(47)58)39-28-38(53(5,6)7)29-41(31-39)60-40-22-23-43-44-33-55-26-25-46(44)59(49(43)32-40)50-30-37(24-27-56-50)52(2,3)4/h11-33H,1-10H3/q+2/i1D3,18D,19D,20D,21D. The Balaban J connectivity index is 1.25. The fourth-order valence-corrected chi connectivity index (χ4v) is 7.96. The number of rotatable bonds is 6. The molecule has 6 heteroatoms. The Labute approximate surface area is 363 Å². The molecule has 4 heterocycles. The number of para-hydroxylation sites is 3. The average Bonchev–Trinajstić information content (AvgIpc) is 3.80. The summed E-state index contributed by atoms with van der Waals surface area (Å²) in [5, 5.41) is 2.03. The third-order valence-electron chi connectivity index (χ3n) is 11.2. The molecule has 6 nitrogen and oxygen atoms in total. The highest BCUT2D eigenvalue weighted by atomic mass is 16.5. The fraction of sp³-hybridized carbons (Fsp3) is 0.241. The SMILES string of the molecule is [2H]c1c([2H])c(C([2H])([2H])[2H])c([2H])c([2H])c1-c1cccc(C(C)(C)C)c1[N+]1=C=[N+](c2cc(Oc3ccc4c5cnccc5n(-c5cc(C(C)(C)C)ccn5)c4c3)cc(C(C)(C)C)c2)c2ccccc21. The first-order valence-corrected chi connectivity index (χ1v) is 20.3. The molecule has 3 aromatic heterocycles. The molecule has 0 atom stereocenters. The number of pyridine rings is 2. The summed E-state index contributed by atoms with van der Waals surface area (Å²) in [5.74, 6) is 2.06. The number of hydrogen-bond acceptors (Lipinski definition) is 3. The van der Waals surface area contributed by atoms with E-state index in [1.54, 1.807) is 12.3 Å². The smallest absolute Gasteiger partial charge is 0.457 e. The van der Waals surface area contributed by atoms with Gasteiger partial charge in [-0.1, -0.05) is 116 Å². The van der Waals surface area contributed by atoms with E-state index < -0.39 is 42.0 Å². The molecule has 60 heavy (non-hydrogen) atoms. The van der Waals surface area contributed by atoms with Crippen LogP contribution in [0.2, 0.25) is 0 Å². The lowest BCUT2D eigenvalue weighted by atomic mass is 9.83. The molecule has 0 spiro atoms. The quantitative estimate of drug-likeness (QED) is 0.158. The van der Waals surface area contributed by atoms with Gasteiger partial charge in [0.1, 0.15) is 17.3 Å². The minimum atomic E-state index is -2.84. The van der Waals surface area contributed by atoms with Crippen molar-refractivity contribution >= 4 is 50.6 Å². The summed E-state index contributed by atoms with van der Waals surface area (Å²) in [6.45, 7) is 16.4. The van der Waals surface area contributed by atoms with Crippen molar-refractivity contribution in [2.45, 2.75) is 85.4 Å². The Morgan fingerprint density at radius 1 is 0.650 bits per heavy atom. The molecule has 0 saturated heterocycles. The lowest BCUT2D eigenvalue weighted by Gasteiger charge is -2.21. The van der Waals surface area contributed by atoms with Gasteiger partial charge < -0.3 is 4.74 Å². The number of ether oxygens (including phenoxy) is 1. The summed E-state index contributed by atoms with van der Waals surface area (Å²) in [6, 6.07) is 33.7. The molecule has 1 aliphatic rings. The lowest BCUT2D eigenvalue weighted by molar-refractivity contribution is 0.479. The molecule has 0 amide bonds. The van der Waals surface area contributed by atoms with Crippen molar-refractivity contribution in [2.24, 2.45) is 0 Å². The molecular weight excluding hydrogens is 735 g/mol. The molecule has 8 aromatic rings. The van der Waals surface area contributed by atoms with Crippen LogP contribution in [0.4, 0.5) is 22.7 Å². The summed E-state index contributed by atoms with van der Waals surface area (Å²) in [4.78, 5) is 9.32. The van der Waals surface area contributed by atoms with E-state index in [-0.39, 0.29) is 16.4 Å². The van der Waals surface area contributed by atoms with Gasteiger partial charge in [0.2, 0.25) is 11.4 Å². The lowest BCUT2D eigenvalue weighted by Crippen LogP contribution is -2.16. The van der Waals surface area contributed by atoms with E-state index in [1.165, 1.54) is 5.56 Å². The minimum Gasteiger partial charge on any atom is -0.457 e. The molecule has 0 N–H and O–H groups in total. The third kappa shape index (κ3) is 7.01. The van der Waals surface area contributed by atoms with Gasteiger partial charge in [0.05, 0.1) is 28.1 Å². The second-order valence-electron chi connectivity index (χ2n) is 18.6. The molecule has 5 aromatic carbocycles. The van der Waals surface area contributed by atoms with Crippen LogP contribution in [0.15, 0.2) is 140 Å². The van der Waals surface area contributed by atoms with E-state index in [4.69, 9.17) is 19.3 Å². The molecule has 1 aliphatic heterocycles. The van der Waals surface area contributed by atoms with Gasteiger partial charge in [0, 0.05) is 63.3 Å². The van der Waals surface area contributed by atoms with Gasteiger partial charge in [0.15, 0.2) is 0 Å². The first kappa shape index (κ1) is 31.3. The second-order valence-corrected chi connectivity index (χ2v) is 18.6. The molecule has 0 fully saturated rings. The van der Waals surface area contributed by atoms with Crippen molar-refractivity contribution in [2.75, 3.05) is 0 Å². The van der Waals surface area contributed by atoms with Crippen LogP contribution in [0.1, 0.15) is 94.2 Å². The van der Waals surface area contributed by atoms with Crippen LogP contribution in [0.25, 0.3) is 38.8 Å². The topological polar surface area (TPSA) is 46.0 Å². The third-order valence-corrected chi connectivity index (χ3v) is 11.2. The predicted molar refractivity (Wildman–Crippen MR) is 250 cm³/mol. The van der Waals surface area contributed by atoms with Crippen LogP contribution in [-0.2, 0) is 16.2 Å². The number of benzene rings is 5. The van der Waals surface area contributed by atoms with Crippen LogP contribution in [0.5, 0.6) is 11.5 Å². The number of hydrogen-bond donors (Lipinski definition) is 0. The van der Waals surface area contributed by atoms with Crippen LogP contribution in [-0.4, -0.2) is 20.5 Å².